The van der Waals surface area contributed by atoms with Crippen molar-refractivity contribution in [2.45, 2.75) is 24.4 Å². The van der Waals surface area contributed by atoms with E-state index in [4.69, 9.17) is 10.2 Å². The number of hydrogen-bond donors (Lipinski definition) is 1. The number of benzene rings is 1. The maximum Gasteiger partial charge on any atom is 0.277 e. The number of anilines is 1. The number of aromatic nitrogens is 7. The molecule has 0 aliphatic heterocycles. The van der Waals surface area contributed by atoms with Gasteiger partial charge in [-0.05, 0) is 6.92 Å². The number of aryl methyl sites for hydroxylation is 1. The summed E-state index contributed by atoms with van der Waals surface area (Å²) in [4.78, 5) is 28.9. The first-order chi connectivity index (χ1) is 15.8. The Morgan fingerprint density at radius 3 is 2.52 bits per heavy atom. The fourth-order valence-corrected chi connectivity index (χ4v) is 3.38. The van der Waals surface area contributed by atoms with Crippen LogP contribution >= 0.6 is 11.8 Å². The summed E-state index contributed by atoms with van der Waals surface area (Å²) in [5.74, 6) is 1.21. The van der Waals surface area contributed by atoms with Gasteiger partial charge in [-0.1, -0.05) is 17.0 Å². The van der Waals surface area contributed by atoms with E-state index in [0.29, 0.717) is 35.2 Å². The van der Waals surface area contributed by atoms with Gasteiger partial charge in [0.15, 0.2) is 0 Å². The third-order valence-electron chi connectivity index (χ3n) is 4.26. The topological polar surface area (TPSA) is 208 Å². The van der Waals surface area contributed by atoms with Gasteiger partial charge in [0.05, 0.1) is 33.7 Å². The first-order valence-corrected chi connectivity index (χ1v) is 10.1. The molecule has 4 aromatic rings. The molecule has 168 valence electrons. The minimum atomic E-state index is -0.734. The molecule has 0 bridgehead atoms. The molecule has 2 N–H and O–H groups in total. The summed E-state index contributed by atoms with van der Waals surface area (Å²) in [6.07, 6.45) is 3.35. The van der Waals surface area contributed by atoms with Crippen LogP contribution in [0.2, 0.25) is 0 Å². The van der Waals surface area contributed by atoms with Crippen LogP contribution in [-0.4, -0.2) is 45.0 Å². The van der Waals surface area contributed by atoms with E-state index in [-0.39, 0.29) is 16.7 Å². The lowest BCUT2D eigenvalue weighted by Crippen LogP contribution is -2.07. The summed E-state index contributed by atoms with van der Waals surface area (Å²) in [6.45, 7) is 2.09. The van der Waals surface area contributed by atoms with Crippen molar-refractivity contribution in [3.8, 4) is 11.5 Å². The minimum absolute atomic E-state index is 0.0686. The second-order valence-electron chi connectivity index (χ2n) is 6.65. The number of nitro groups is 2. The lowest BCUT2D eigenvalue weighted by molar-refractivity contribution is -0.394. The van der Waals surface area contributed by atoms with Crippen molar-refractivity contribution in [2.75, 3.05) is 5.73 Å². The zero-order valence-electron chi connectivity index (χ0n) is 16.9. The number of nitrogens with two attached hydrogens (primary N) is 1. The molecule has 0 aliphatic carbocycles. The van der Waals surface area contributed by atoms with Crippen LogP contribution in [0.15, 0.2) is 40.2 Å². The summed E-state index contributed by atoms with van der Waals surface area (Å²) in [7, 11) is 0. The van der Waals surface area contributed by atoms with E-state index in [2.05, 4.69) is 30.5 Å². The van der Waals surface area contributed by atoms with E-state index in [0.717, 1.165) is 30.0 Å². The number of hydrogen-bond acceptors (Lipinski definition) is 13. The number of rotatable bonds is 8. The lowest BCUT2D eigenvalue weighted by atomic mass is 10.2. The fourth-order valence-electron chi connectivity index (χ4n) is 2.74. The van der Waals surface area contributed by atoms with Gasteiger partial charge in [-0.15, -0.1) is 15.3 Å². The average molecular weight is 470 g/mol. The maximum atomic E-state index is 11.1. The summed E-state index contributed by atoms with van der Waals surface area (Å²) < 4.78 is 7.08. The van der Waals surface area contributed by atoms with Gasteiger partial charge in [-0.25, -0.2) is 14.6 Å². The first kappa shape index (κ1) is 21.8. The summed E-state index contributed by atoms with van der Waals surface area (Å²) in [6, 6.07) is 3.11. The predicted molar refractivity (Wildman–Crippen MR) is 113 cm³/mol. The van der Waals surface area contributed by atoms with E-state index >= 15 is 0 Å². The monoisotopic (exact) mass is 470 g/mol. The number of nitro benzene ring substituents is 2. The Morgan fingerprint density at radius 2 is 1.85 bits per heavy atom. The number of nitrogens with zero attached hydrogens (tertiary/aromatic N) is 9. The zero-order valence-corrected chi connectivity index (χ0v) is 17.7. The molecule has 3 heterocycles. The fraction of sp³-hybridized carbons (Fsp3) is 0.176. The Bertz CT molecular complexity index is 1320. The van der Waals surface area contributed by atoms with E-state index < -0.39 is 21.2 Å². The van der Waals surface area contributed by atoms with Gasteiger partial charge in [-0.3, -0.25) is 20.2 Å². The predicted octanol–water partition coefficient (Wildman–Crippen LogP) is 2.17. The Balaban J connectivity index is 1.44. The molecular formula is C17H14N10O5S. The third kappa shape index (κ3) is 5.06. The van der Waals surface area contributed by atoms with Gasteiger partial charge in [0, 0.05) is 35.8 Å². The quantitative estimate of drug-likeness (QED) is 0.223. The van der Waals surface area contributed by atoms with Crippen molar-refractivity contribution < 1.29 is 14.3 Å². The second kappa shape index (κ2) is 8.95. The molecule has 0 saturated carbocycles. The van der Waals surface area contributed by atoms with Crippen LogP contribution < -0.4 is 5.73 Å². The van der Waals surface area contributed by atoms with Gasteiger partial charge in [-0.2, -0.15) is 0 Å². The number of nitrogen functional groups attached to an aromatic ring is 1. The van der Waals surface area contributed by atoms with Crippen molar-refractivity contribution in [3.05, 3.63) is 67.9 Å². The molecule has 4 rings (SSSR count). The zero-order chi connectivity index (χ0) is 23.5. The van der Waals surface area contributed by atoms with Crippen LogP contribution in [-0.2, 0) is 12.3 Å². The lowest BCUT2D eigenvalue weighted by Gasteiger charge is -2.04. The van der Waals surface area contributed by atoms with E-state index in [1.807, 2.05) is 0 Å². The van der Waals surface area contributed by atoms with Crippen molar-refractivity contribution >= 4 is 29.0 Å². The highest BCUT2D eigenvalue weighted by Gasteiger charge is 2.20. The maximum absolute atomic E-state index is 11.1. The Hall–Kier alpha value is -4.47. The van der Waals surface area contributed by atoms with Crippen molar-refractivity contribution in [3.63, 3.8) is 0 Å². The normalized spacial score (nSPS) is 10.9. The van der Waals surface area contributed by atoms with Crippen LogP contribution in [0.3, 0.4) is 0 Å². The second-order valence-corrected chi connectivity index (χ2v) is 7.58. The van der Waals surface area contributed by atoms with Crippen molar-refractivity contribution in [1.82, 2.24) is 35.2 Å². The molecule has 0 unspecified atom stereocenters. The summed E-state index contributed by atoms with van der Waals surface area (Å²) >= 11 is 1.16. The molecule has 0 atom stereocenters. The molecule has 15 nitrogen and oxygen atoms in total. The smallest absolute Gasteiger partial charge is 0.277 e. The molecule has 1 aromatic carbocycles. The Morgan fingerprint density at radius 1 is 1.12 bits per heavy atom. The first-order valence-electron chi connectivity index (χ1n) is 9.16. The van der Waals surface area contributed by atoms with E-state index in [1.165, 1.54) is 0 Å². The molecule has 33 heavy (non-hydrogen) atoms. The molecule has 0 radical (unpaired) electrons. The summed E-state index contributed by atoms with van der Waals surface area (Å²) in [5.41, 5.74) is 6.38. The number of thioether (sulfide) groups is 1. The van der Waals surface area contributed by atoms with Crippen LogP contribution in [0.1, 0.15) is 17.1 Å². The van der Waals surface area contributed by atoms with Crippen LogP contribution in [0.5, 0.6) is 0 Å². The van der Waals surface area contributed by atoms with Crippen LogP contribution in [0, 0.1) is 27.2 Å². The third-order valence-corrected chi connectivity index (χ3v) is 5.11. The van der Waals surface area contributed by atoms with Crippen molar-refractivity contribution in [1.29, 1.82) is 0 Å². The van der Waals surface area contributed by atoms with Gasteiger partial charge < -0.3 is 10.2 Å². The molecule has 0 amide bonds. The highest BCUT2D eigenvalue weighted by atomic mass is 32.2. The Labute approximate surface area is 188 Å². The minimum Gasteiger partial charge on any atom is -0.411 e. The van der Waals surface area contributed by atoms with E-state index in [1.54, 1.807) is 24.0 Å². The Kier molecular flexibility index (Phi) is 5.90. The van der Waals surface area contributed by atoms with Crippen LogP contribution in [0.25, 0.3) is 11.5 Å². The SMILES string of the molecule is Cc1ncc(Cn2cc(CSc3nnc(-c4cc([N+](=O)[O-])cc([N+](=O)[O-])c4)o3)nn2)c(N)n1. The largest absolute Gasteiger partial charge is 0.411 e. The molecule has 3 aromatic heterocycles. The molecule has 0 saturated heterocycles. The molecule has 16 heteroatoms. The average Bonchev–Trinajstić information content (AvgIpc) is 3.43. The van der Waals surface area contributed by atoms with Gasteiger partial charge in [0.2, 0.25) is 5.89 Å². The highest BCUT2D eigenvalue weighted by molar-refractivity contribution is 7.98. The molecule has 0 fully saturated rings. The molecule has 0 aliphatic rings. The van der Waals surface area contributed by atoms with E-state index in [9.17, 15) is 20.2 Å². The van der Waals surface area contributed by atoms with Gasteiger partial charge in [0.1, 0.15) is 11.6 Å². The van der Waals surface area contributed by atoms with Gasteiger partial charge in [0.25, 0.3) is 16.6 Å². The highest BCUT2D eigenvalue weighted by Crippen LogP contribution is 2.31. The van der Waals surface area contributed by atoms with Gasteiger partial charge >= 0.3 is 0 Å². The molecular weight excluding hydrogens is 456 g/mol. The van der Waals surface area contributed by atoms with Crippen molar-refractivity contribution in [2.24, 2.45) is 0 Å². The molecule has 0 spiro atoms. The van der Waals surface area contributed by atoms with Crippen LogP contribution in [0.4, 0.5) is 17.2 Å². The standard InChI is InChI=1S/C17H14N10O5S/c1-9-19-5-11(15(18)20-9)6-25-7-12(21-24-25)8-33-17-23-22-16(32-17)10-2-13(26(28)29)4-14(3-10)27(30)31/h2-5,7H,6,8H2,1H3,(H2,18,19,20). The summed E-state index contributed by atoms with van der Waals surface area (Å²) in [5, 5.41) is 38.1. The number of non-ortho nitro benzene ring substituents is 2.